The second kappa shape index (κ2) is 5.60. The van der Waals surface area contributed by atoms with Crippen molar-refractivity contribution >= 4 is 22.1 Å². The molecule has 0 fully saturated rings. The molecule has 0 spiro atoms. The number of aryl methyl sites for hydroxylation is 3. The van der Waals surface area contributed by atoms with Gasteiger partial charge in [0.05, 0.1) is 5.69 Å². The Morgan fingerprint density at radius 1 is 0.818 bits per heavy atom. The molecule has 0 aliphatic carbocycles. The van der Waals surface area contributed by atoms with Crippen molar-refractivity contribution in [3.8, 4) is 5.75 Å². The molecule has 3 nitrogen and oxygen atoms in total. The smallest absolute Gasteiger partial charge is 0.146 e. The number of rotatable bonds is 2. The lowest BCUT2D eigenvalue weighted by Gasteiger charge is -2.07. The standard InChI is InChI=1S/C19H18N2O/c1-12-8-9-17(13(2)10-12)20-21-18-16-7-5-4-6-15(16)11-14(3)19(18)22/h4-11,22H,1-3H3. The van der Waals surface area contributed by atoms with Crippen molar-refractivity contribution in [3.05, 3.63) is 65.2 Å². The number of hydrogen-bond acceptors (Lipinski definition) is 3. The summed E-state index contributed by atoms with van der Waals surface area (Å²) in [7, 11) is 0. The van der Waals surface area contributed by atoms with Gasteiger partial charge in [-0.25, -0.2) is 0 Å². The Morgan fingerprint density at radius 2 is 1.59 bits per heavy atom. The van der Waals surface area contributed by atoms with Gasteiger partial charge in [-0.1, -0.05) is 42.0 Å². The van der Waals surface area contributed by atoms with Gasteiger partial charge in [0.25, 0.3) is 0 Å². The predicted molar refractivity (Wildman–Crippen MR) is 90.4 cm³/mol. The molecule has 22 heavy (non-hydrogen) atoms. The SMILES string of the molecule is Cc1ccc(N=Nc2c(O)c(C)cc3ccccc23)c(C)c1. The third-order valence-electron chi connectivity index (χ3n) is 3.80. The van der Waals surface area contributed by atoms with E-state index in [0.29, 0.717) is 5.69 Å². The fourth-order valence-electron chi connectivity index (χ4n) is 2.58. The minimum Gasteiger partial charge on any atom is -0.505 e. The summed E-state index contributed by atoms with van der Waals surface area (Å²) < 4.78 is 0. The van der Waals surface area contributed by atoms with Gasteiger partial charge >= 0.3 is 0 Å². The molecule has 0 aliphatic heterocycles. The van der Waals surface area contributed by atoms with Crippen LogP contribution in [0.4, 0.5) is 11.4 Å². The van der Waals surface area contributed by atoms with Crippen LogP contribution >= 0.6 is 0 Å². The first kappa shape index (κ1) is 14.3. The van der Waals surface area contributed by atoms with Crippen LogP contribution in [0.1, 0.15) is 16.7 Å². The van der Waals surface area contributed by atoms with E-state index < -0.39 is 0 Å². The van der Waals surface area contributed by atoms with Crippen molar-refractivity contribution in [1.82, 2.24) is 0 Å². The normalized spacial score (nSPS) is 11.4. The molecule has 0 saturated carbocycles. The zero-order valence-corrected chi connectivity index (χ0v) is 13.0. The highest BCUT2D eigenvalue weighted by molar-refractivity contribution is 5.96. The van der Waals surface area contributed by atoms with Crippen LogP contribution in [0.15, 0.2) is 58.8 Å². The molecule has 0 aromatic heterocycles. The average molecular weight is 290 g/mol. The van der Waals surface area contributed by atoms with E-state index in [1.54, 1.807) is 0 Å². The molecular formula is C19H18N2O. The summed E-state index contributed by atoms with van der Waals surface area (Å²) in [4.78, 5) is 0. The van der Waals surface area contributed by atoms with Gasteiger partial charge < -0.3 is 5.11 Å². The second-order valence-corrected chi connectivity index (χ2v) is 5.60. The number of hydrogen-bond donors (Lipinski definition) is 1. The quantitative estimate of drug-likeness (QED) is 0.588. The van der Waals surface area contributed by atoms with Gasteiger partial charge in [-0.3, -0.25) is 0 Å². The summed E-state index contributed by atoms with van der Waals surface area (Å²) in [6.07, 6.45) is 0. The molecule has 3 aromatic carbocycles. The summed E-state index contributed by atoms with van der Waals surface area (Å²) in [5, 5.41) is 20.9. The lowest BCUT2D eigenvalue weighted by Crippen LogP contribution is -1.80. The van der Waals surface area contributed by atoms with E-state index in [9.17, 15) is 5.11 Å². The first-order chi connectivity index (χ1) is 10.6. The minimum atomic E-state index is 0.187. The number of phenolic OH excluding ortho intramolecular Hbond substituents is 1. The molecule has 3 heteroatoms. The molecule has 0 atom stereocenters. The number of phenols is 1. The van der Waals surface area contributed by atoms with Crippen LogP contribution in [0.5, 0.6) is 5.75 Å². The maximum Gasteiger partial charge on any atom is 0.146 e. The van der Waals surface area contributed by atoms with E-state index in [-0.39, 0.29) is 5.75 Å². The fourth-order valence-corrected chi connectivity index (χ4v) is 2.58. The molecule has 0 aliphatic rings. The van der Waals surface area contributed by atoms with Crippen LogP contribution in [-0.4, -0.2) is 5.11 Å². The Bertz CT molecular complexity index is 882. The summed E-state index contributed by atoms with van der Waals surface area (Å²) in [5.41, 5.74) is 4.40. The maximum atomic E-state index is 10.3. The van der Waals surface area contributed by atoms with E-state index in [1.165, 1.54) is 5.56 Å². The number of azo groups is 1. The van der Waals surface area contributed by atoms with E-state index in [4.69, 9.17) is 0 Å². The van der Waals surface area contributed by atoms with Crippen molar-refractivity contribution in [1.29, 1.82) is 0 Å². The topological polar surface area (TPSA) is 45.0 Å². The van der Waals surface area contributed by atoms with Gasteiger partial charge in [-0.15, -0.1) is 5.11 Å². The molecule has 0 unspecified atom stereocenters. The number of benzene rings is 3. The van der Waals surface area contributed by atoms with Crippen molar-refractivity contribution in [2.24, 2.45) is 10.2 Å². The Labute approximate surface area is 130 Å². The van der Waals surface area contributed by atoms with Gasteiger partial charge in [0, 0.05) is 5.39 Å². The van der Waals surface area contributed by atoms with Crippen LogP contribution < -0.4 is 0 Å². The molecule has 0 saturated heterocycles. The van der Waals surface area contributed by atoms with Crippen molar-refractivity contribution in [2.45, 2.75) is 20.8 Å². The van der Waals surface area contributed by atoms with Gasteiger partial charge in [0.2, 0.25) is 0 Å². The van der Waals surface area contributed by atoms with Crippen LogP contribution in [0.25, 0.3) is 10.8 Å². The highest BCUT2D eigenvalue weighted by atomic mass is 16.3. The largest absolute Gasteiger partial charge is 0.505 e. The molecular weight excluding hydrogens is 272 g/mol. The zero-order chi connectivity index (χ0) is 15.7. The average Bonchev–Trinajstić information content (AvgIpc) is 2.49. The first-order valence-corrected chi connectivity index (χ1v) is 7.26. The van der Waals surface area contributed by atoms with Gasteiger partial charge in [-0.2, -0.15) is 5.11 Å². The summed E-state index contributed by atoms with van der Waals surface area (Å²) in [6, 6.07) is 15.9. The number of fused-ring (bicyclic) bond motifs is 1. The molecule has 3 rings (SSSR count). The van der Waals surface area contributed by atoms with E-state index >= 15 is 0 Å². The molecule has 1 N–H and O–H groups in total. The van der Waals surface area contributed by atoms with Crippen molar-refractivity contribution in [3.63, 3.8) is 0 Å². The third kappa shape index (κ3) is 2.58. The van der Waals surface area contributed by atoms with Crippen LogP contribution in [0, 0.1) is 20.8 Å². The minimum absolute atomic E-state index is 0.187. The van der Waals surface area contributed by atoms with Crippen molar-refractivity contribution < 1.29 is 5.11 Å². The fraction of sp³-hybridized carbons (Fsp3) is 0.158. The van der Waals surface area contributed by atoms with Crippen LogP contribution in [-0.2, 0) is 0 Å². The Morgan fingerprint density at radius 3 is 2.36 bits per heavy atom. The highest BCUT2D eigenvalue weighted by Gasteiger charge is 2.09. The predicted octanol–water partition coefficient (Wildman–Crippen LogP) is 5.89. The summed E-state index contributed by atoms with van der Waals surface area (Å²) in [5.74, 6) is 0.187. The number of aromatic hydroxyl groups is 1. The van der Waals surface area contributed by atoms with Gasteiger partial charge in [0.15, 0.2) is 0 Å². The maximum absolute atomic E-state index is 10.3. The summed E-state index contributed by atoms with van der Waals surface area (Å²) in [6.45, 7) is 5.93. The van der Waals surface area contributed by atoms with Crippen LogP contribution in [0.3, 0.4) is 0 Å². The molecule has 3 aromatic rings. The van der Waals surface area contributed by atoms with Crippen LogP contribution in [0.2, 0.25) is 0 Å². The third-order valence-corrected chi connectivity index (χ3v) is 3.80. The van der Waals surface area contributed by atoms with E-state index in [2.05, 4.69) is 16.3 Å². The molecule has 110 valence electrons. The lowest BCUT2D eigenvalue weighted by atomic mass is 10.0. The molecule has 0 radical (unpaired) electrons. The summed E-state index contributed by atoms with van der Waals surface area (Å²) >= 11 is 0. The van der Waals surface area contributed by atoms with Gasteiger partial charge in [0.1, 0.15) is 11.4 Å². The monoisotopic (exact) mass is 290 g/mol. The highest BCUT2D eigenvalue weighted by Crippen LogP contribution is 2.39. The molecule has 0 bridgehead atoms. The first-order valence-electron chi connectivity index (χ1n) is 7.26. The molecule has 0 heterocycles. The number of nitrogens with zero attached hydrogens (tertiary/aromatic N) is 2. The van der Waals surface area contributed by atoms with Crippen molar-refractivity contribution in [2.75, 3.05) is 0 Å². The van der Waals surface area contributed by atoms with E-state index in [0.717, 1.165) is 27.6 Å². The van der Waals surface area contributed by atoms with Gasteiger partial charge in [-0.05, 0) is 49.4 Å². The Kier molecular flexibility index (Phi) is 3.63. The Hall–Kier alpha value is -2.68. The Balaban J connectivity index is 2.14. The van der Waals surface area contributed by atoms with E-state index in [1.807, 2.05) is 63.2 Å². The lowest BCUT2D eigenvalue weighted by molar-refractivity contribution is 0.473. The molecule has 0 amide bonds. The second-order valence-electron chi connectivity index (χ2n) is 5.60. The zero-order valence-electron chi connectivity index (χ0n) is 13.0.